The Bertz CT molecular complexity index is 588. The van der Waals surface area contributed by atoms with Crippen LogP contribution in [0.1, 0.15) is 40.0 Å². The Labute approximate surface area is 135 Å². The van der Waals surface area contributed by atoms with E-state index in [4.69, 9.17) is 9.47 Å². The number of amides is 1. The van der Waals surface area contributed by atoms with Gasteiger partial charge in [0.25, 0.3) is 0 Å². The molecular weight excluding hydrogens is 298 g/mol. The van der Waals surface area contributed by atoms with E-state index in [0.29, 0.717) is 13.0 Å². The zero-order valence-corrected chi connectivity index (χ0v) is 13.7. The SMILES string of the molecule is CC(C)(C)OC(=O)N1CCC[C@@H]1[C@@]12C[C@H](O)C=CC1=CC(=O)O2. The molecule has 23 heavy (non-hydrogen) atoms. The maximum atomic E-state index is 12.5. The fraction of sp³-hybridized carbons (Fsp3) is 0.647. The number of esters is 1. The first-order valence-electron chi connectivity index (χ1n) is 8.02. The number of carbonyl (C=O) groups is 2. The zero-order valence-electron chi connectivity index (χ0n) is 13.7. The topological polar surface area (TPSA) is 76.1 Å². The van der Waals surface area contributed by atoms with Crippen molar-refractivity contribution in [1.29, 1.82) is 0 Å². The van der Waals surface area contributed by atoms with Gasteiger partial charge in [-0.15, -0.1) is 0 Å². The quantitative estimate of drug-likeness (QED) is 0.747. The molecule has 6 nitrogen and oxygen atoms in total. The van der Waals surface area contributed by atoms with E-state index in [9.17, 15) is 14.7 Å². The fourth-order valence-electron chi connectivity index (χ4n) is 3.65. The monoisotopic (exact) mass is 321 g/mol. The van der Waals surface area contributed by atoms with Crippen molar-refractivity contribution in [2.24, 2.45) is 0 Å². The molecule has 3 atom stereocenters. The van der Waals surface area contributed by atoms with E-state index < -0.39 is 29.4 Å². The highest BCUT2D eigenvalue weighted by molar-refractivity contribution is 5.88. The van der Waals surface area contributed by atoms with Gasteiger partial charge in [-0.25, -0.2) is 9.59 Å². The summed E-state index contributed by atoms with van der Waals surface area (Å²) in [5.74, 6) is -0.421. The summed E-state index contributed by atoms with van der Waals surface area (Å²) in [6.07, 6.45) is 5.53. The molecule has 2 heterocycles. The molecule has 0 spiro atoms. The third-order valence-electron chi connectivity index (χ3n) is 4.47. The first-order valence-corrected chi connectivity index (χ1v) is 8.02. The standard InChI is InChI=1S/C17H23NO5/c1-16(2,3)23-15(21)18-8-4-5-13(18)17-10-12(19)7-6-11(17)9-14(20)22-17/h6-7,9,12-13,19H,4-5,8,10H2,1-3H3/t12-,13-,17-/m1/s1. The molecule has 1 aliphatic carbocycles. The van der Waals surface area contributed by atoms with Gasteiger partial charge in [0.2, 0.25) is 0 Å². The normalized spacial score (nSPS) is 33.3. The Balaban J connectivity index is 1.90. The minimum absolute atomic E-state index is 0.269. The van der Waals surface area contributed by atoms with Crippen LogP contribution >= 0.6 is 0 Å². The van der Waals surface area contributed by atoms with Gasteiger partial charge in [-0.05, 0) is 33.6 Å². The average Bonchev–Trinajstić information content (AvgIpc) is 3.00. The number of carbonyl (C=O) groups excluding carboxylic acids is 2. The zero-order chi connectivity index (χ0) is 16.8. The number of hydrogen-bond donors (Lipinski definition) is 1. The van der Waals surface area contributed by atoms with Gasteiger partial charge in [0.15, 0.2) is 5.60 Å². The van der Waals surface area contributed by atoms with E-state index in [-0.39, 0.29) is 12.5 Å². The molecule has 1 amide bonds. The Morgan fingerprint density at radius 1 is 1.48 bits per heavy atom. The molecule has 126 valence electrons. The highest BCUT2D eigenvalue weighted by Crippen LogP contribution is 2.45. The number of fused-ring (bicyclic) bond motifs is 1. The number of likely N-dealkylation sites (tertiary alicyclic amines) is 1. The minimum Gasteiger partial charge on any atom is -0.449 e. The van der Waals surface area contributed by atoms with Gasteiger partial charge >= 0.3 is 12.1 Å². The van der Waals surface area contributed by atoms with Crippen LogP contribution in [0.2, 0.25) is 0 Å². The Hall–Kier alpha value is -1.82. The van der Waals surface area contributed by atoms with Crippen LogP contribution in [0.4, 0.5) is 4.79 Å². The van der Waals surface area contributed by atoms with Gasteiger partial charge in [0.05, 0.1) is 12.1 Å². The van der Waals surface area contributed by atoms with Gasteiger partial charge in [-0.3, -0.25) is 0 Å². The number of aliphatic hydroxyl groups is 1. The lowest BCUT2D eigenvalue weighted by Gasteiger charge is -2.42. The molecule has 0 unspecified atom stereocenters. The summed E-state index contributed by atoms with van der Waals surface area (Å²) in [4.78, 5) is 26.0. The predicted molar refractivity (Wildman–Crippen MR) is 82.6 cm³/mol. The number of nitrogens with zero attached hydrogens (tertiary/aromatic N) is 1. The average molecular weight is 321 g/mol. The molecule has 2 aliphatic heterocycles. The first kappa shape index (κ1) is 16.1. The second kappa shape index (κ2) is 5.37. The summed E-state index contributed by atoms with van der Waals surface area (Å²) < 4.78 is 11.1. The van der Waals surface area contributed by atoms with Crippen LogP contribution in [0, 0.1) is 0 Å². The molecule has 0 aromatic carbocycles. The van der Waals surface area contributed by atoms with E-state index in [0.717, 1.165) is 12.0 Å². The van der Waals surface area contributed by atoms with Crippen LogP contribution in [0.3, 0.4) is 0 Å². The number of aliphatic hydroxyl groups excluding tert-OH is 1. The van der Waals surface area contributed by atoms with E-state index in [1.807, 2.05) is 20.8 Å². The molecule has 6 heteroatoms. The van der Waals surface area contributed by atoms with E-state index in [1.165, 1.54) is 6.08 Å². The minimum atomic E-state index is -0.960. The largest absolute Gasteiger partial charge is 0.449 e. The van der Waals surface area contributed by atoms with Crippen LogP contribution in [0.5, 0.6) is 0 Å². The second-order valence-electron chi connectivity index (χ2n) is 7.37. The van der Waals surface area contributed by atoms with Crippen LogP contribution < -0.4 is 0 Å². The van der Waals surface area contributed by atoms with Crippen molar-refractivity contribution in [2.75, 3.05) is 6.54 Å². The third kappa shape index (κ3) is 2.87. The molecule has 0 aromatic rings. The summed E-state index contributed by atoms with van der Waals surface area (Å²) >= 11 is 0. The van der Waals surface area contributed by atoms with E-state index in [2.05, 4.69) is 0 Å². The smallest absolute Gasteiger partial charge is 0.410 e. The van der Waals surface area contributed by atoms with Crippen molar-refractivity contribution >= 4 is 12.1 Å². The lowest BCUT2D eigenvalue weighted by Crippen LogP contribution is -2.56. The van der Waals surface area contributed by atoms with E-state index in [1.54, 1.807) is 17.1 Å². The second-order valence-corrected chi connectivity index (χ2v) is 7.37. The lowest BCUT2D eigenvalue weighted by atomic mass is 9.77. The van der Waals surface area contributed by atoms with Crippen LogP contribution in [-0.2, 0) is 14.3 Å². The van der Waals surface area contributed by atoms with Crippen molar-refractivity contribution in [3.8, 4) is 0 Å². The number of hydrogen-bond acceptors (Lipinski definition) is 5. The maximum Gasteiger partial charge on any atom is 0.410 e. The summed E-state index contributed by atoms with van der Waals surface area (Å²) in [7, 11) is 0. The highest BCUT2D eigenvalue weighted by atomic mass is 16.6. The maximum absolute atomic E-state index is 12.5. The van der Waals surface area contributed by atoms with Crippen molar-refractivity contribution in [3.05, 3.63) is 23.8 Å². The summed E-state index contributed by atoms with van der Waals surface area (Å²) in [5, 5.41) is 10.0. The van der Waals surface area contributed by atoms with Gasteiger partial charge in [0.1, 0.15) is 5.60 Å². The molecule has 1 fully saturated rings. The Morgan fingerprint density at radius 3 is 2.91 bits per heavy atom. The van der Waals surface area contributed by atoms with Crippen molar-refractivity contribution in [1.82, 2.24) is 4.90 Å². The van der Waals surface area contributed by atoms with E-state index >= 15 is 0 Å². The highest BCUT2D eigenvalue weighted by Gasteiger charge is 2.55. The molecule has 1 N–H and O–H groups in total. The van der Waals surface area contributed by atoms with Crippen LogP contribution in [-0.4, -0.2) is 52.0 Å². The van der Waals surface area contributed by atoms with Gasteiger partial charge in [-0.1, -0.05) is 12.2 Å². The van der Waals surface area contributed by atoms with Crippen LogP contribution in [0.15, 0.2) is 23.8 Å². The van der Waals surface area contributed by atoms with Crippen molar-refractivity contribution in [2.45, 2.75) is 63.4 Å². The summed E-state index contributed by atoms with van der Waals surface area (Å²) in [6, 6.07) is -0.311. The number of rotatable bonds is 1. The molecule has 0 bridgehead atoms. The Morgan fingerprint density at radius 2 is 2.22 bits per heavy atom. The molecule has 0 aromatic heterocycles. The summed E-state index contributed by atoms with van der Waals surface area (Å²) in [5.41, 5.74) is -0.814. The molecule has 0 saturated carbocycles. The van der Waals surface area contributed by atoms with Gasteiger partial charge in [0, 0.05) is 24.6 Å². The van der Waals surface area contributed by atoms with Crippen molar-refractivity contribution in [3.63, 3.8) is 0 Å². The third-order valence-corrected chi connectivity index (χ3v) is 4.47. The van der Waals surface area contributed by atoms with Crippen LogP contribution in [0.25, 0.3) is 0 Å². The number of ether oxygens (including phenoxy) is 2. The van der Waals surface area contributed by atoms with Gasteiger partial charge in [-0.2, -0.15) is 0 Å². The molecule has 0 radical (unpaired) electrons. The van der Waals surface area contributed by atoms with Gasteiger partial charge < -0.3 is 19.5 Å². The fourth-order valence-corrected chi connectivity index (χ4v) is 3.65. The Kier molecular flexibility index (Phi) is 3.75. The molecule has 3 rings (SSSR count). The van der Waals surface area contributed by atoms with Crippen molar-refractivity contribution < 1.29 is 24.2 Å². The first-order chi connectivity index (χ1) is 10.7. The lowest BCUT2D eigenvalue weighted by molar-refractivity contribution is -0.153. The molecular formula is C17H23NO5. The molecule has 3 aliphatic rings. The predicted octanol–water partition coefficient (Wildman–Crippen LogP) is 1.93. The molecule has 1 saturated heterocycles. The summed E-state index contributed by atoms with van der Waals surface area (Å²) in [6.45, 7) is 6.03.